The van der Waals surface area contributed by atoms with Crippen LogP contribution in [0.4, 0.5) is 0 Å². The highest BCUT2D eigenvalue weighted by Crippen LogP contribution is 2.09. The molecular formula is C8H14N2O. The van der Waals surface area contributed by atoms with Crippen molar-refractivity contribution in [3.05, 3.63) is 0 Å². The summed E-state index contributed by atoms with van der Waals surface area (Å²) in [5.74, 6) is 1.62. The molecule has 0 N–H and O–H groups in total. The first-order valence-electron chi connectivity index (χ1n) is 3.91. The van der Waals surface area contributed by atoms with Crippen LogP contribution in [0.2, 0.25) is 0 Å². The van der Waals surface area contributed by atoms with Crippen LogP contribution in [0, 0.1) is 5.92 Å². The van der Waals surface area contributed by atoms with Crippen LogP contribution in [0.5, 0.6) is 0 Å². The highest BCUT2D eigenvalue weighted by atomic mass is 16.2. The SMILES string of the molecule is CC(C)CC1=NCC(=O)N1C. The summed E-state index contributed by atoms with van der Waals surface area (Å²) in [4.78, 5) is 16.8. The molecule has 0 atom stereocenters. The van der Waals surface area contributed by atoms with Crippen LogP contribution in [0.25, 0.3) is 0 Å². The Kier molecular flexibility index (Phi) is 2.27. The molecule has 0 aliphatic carbocycles. The third kappa shape index (κ3) is 1.79. The molecule has 0 aromatic carbocycles. The first-order valence-corrected chi connectivity index (χ1v) is 3.91. The molecule has 0 spiro atoms. The molecule has 0 saturated carbocycles. The number of nitrogens with zero attached hydrogens (tertiary/aromatic N) is 2. The largest absolute Gasteiger partial charge is 0.302 e. The number of carbonyl (C=O) groups is 1. The lowest BCUT2D eigenvalue weighted by atomic mass is 10.1. The number of carbonyl (C=O) groups excluding carboxylic acids is 1. The lowest BCUT2D eigenvalue weighted by molar-refractivity contribution is -0.123. The van der Waals surface area contributed by atoms with Gasteiger partial charge in [0.2, 0.25) is 5.91 Å². The maximum atomic E-state index is 11.0. The van der Waals surface area contributed by atoms with Gasteiger partial charge in [0.05, 0.1) is 0 Å². The number of hydrogen-bond donors (Lipinski definition) is 0. The first kappa shape index (κ1) is 8.24. The minimum absolute atomic E-state index is 0.112. The highest BCUT2D eigenvalue weighted by molar-refractivity contribution is 6.03. The summed E-state index contributed by atoms with van der Waals surface area (Å²) in [6, 6.07) is 0. The Balaban J connectivity index is 2.54. The minimum atomic E-state index is 0.112. The Morgan fingerprint density at radius 3 is 2.64 bits per heavy atom. The fourth-order valence-corrected chi connectivity index (χ4v) is 1.08. The number of amidine groups is 1. The number of hydrogen-bond acceptors (Lipinski definition) is 2. The normalized spacial score (nSPS) is 18.0. The monoisotopic (exact) mass is 154 g/mol. The summed E-state index contributed by atoms with van der Waals surface area (Å²) >= 11 is 0. The van der Waals surface area contributed by atoms with Gasteiger partial charge in [0, 0.05) is 13.5 Å². The maximum Gasteiger partial charge on any atom is 0.249 e. The second kappa shape index (κ2) is 3.03. The van der Waals surface area contributed by atoms with E-state index in [1.165, 1.54) is 0 Å². The number of aliphatic imine (C=N–C) groups is 1. The van der Waals surface area contributed by atoms with Gasteiger partial charge in [-0.05, 0) is 5.92 Å². The second-order valence-corrected chi connectivity index (χ2v) is 3.28. The Morgan fingerprint density at radius 2 is 2.27 bits per heavy atom. The van der Waals surface area contributed by atoms with Gasteiger partial charge in [0.15, 0.2) is 0 Å². The standard InChI is InChI=1S/C8H14N2O/c1-6(2)4-7-9-5-8(11)10(7)3/h6H,4-5H2,1-3H3. The van der Waals surface area contributed by atoms with Crippen LogP contribution in [0.3, 0.4) is 0 Å². The maximum absolute atomic E-state index is 11.0. The lowest BCUT2D eigenvalue weighted by Crippen LogP contribution is -2.28. The minimum Gasteiger partial charge on any atom is -0.302 e. The zero-order valence-electron chi connectivity index (χ0n) is 7.29. The van der Waals surface area contributed by atoms with Crippen molar-refractivity contribution >= 4 is 11.7 Å². The van der Waals surface area contributed by atoms with E-state index in [0.717, 1.165) is 12.3 Å². The van der Waals surface area contributed by atoms with E-state index < -0.39 is 0 Å². The molecule has 0 fully saturated rings. The van der Waals surface area contributed by atoms with Gasteiger partial charge in [0.1, 0.15) is 12.4 Å². The fraction of sp³-hybridized carbons (Fsp3) is 0.750. The average molecular weight is 154 g/mol. The lowest BCUT2D eigenvalue weighted by Gasteiger charge is -2.13. The molecule has 3 nitrogen and oxygen atoms in total. The smallest absolute Gasteiger partial charge is 0.249 e. The zero-order chi connectivity index (χ0) is 8.43. The third-order valence-electron chi connectivity index (χ3n) is 1.75. The molecule has 0 unspecified atom stereocenters. The number of likely N-dealkylation sites (N-methyl/N-ethyl adjacent to an activating group) is 1. The van der Waals surface area contributed by atoms with Crippen LogP contribution in [0.1, 0.15) is 20.3 Å². The molecule has 11 heavy (non-hydrogen) atoms. The van der Waals surface area contributed by atoms with Crippen LogP contribution in [0.15, 0.2) is 4.99 Å². The Labute approximate surface area is 67.1 Å². The summed E-state index contributed by atoms with van der Waals surface area (Å²) in [6.07, 6.45) is 0.905. The van der Waals surface area contributed by atoms with Crippen molar-refractivity contribution in [3.8, 4) is 0 Å². The molecule has 1 amide bonds. The van der Waals surface area contributed by atoms with Crippen molar-refractivity contribution in [2.75, 3.05) is 13.6 Å². The predicted molar refractivity (Wildman–Crippen MR) is 44.5 cm³/mol. The van der Waals surface area contributed by atoms with Gasteiger partial charge in [-0.3, -0.25) is 9.79 Å². The van der Waals surface area contributed by atoms with E-state index in [9.17, 15) is 4.79 Å². The van der Waals surface area contributed by atoms with E-state index in [2.05, 4.69) is 18.8 Å². The van der Waals surface area contributed by atoms with Crippen molar-refractivity contribution in [3.63, 3.8) is 0 Å². The molecule has 0 aromatic heterocycles. The topological polar surface area (TPSA) is 32.7 Å². The molecule has 62 valence electrons. The molecule has 1 aliphatic heterocycles. The Morgan fingerprint density at radius 1 is 1.64 bits per heavy atom. The Bertz CT molecular complexity index is 196. The summed E-state index contributed by atoms with van der Waals surface area (Å²) in [5, 5.41) is 0. The third-order valence-corrected chi connectivity index (χ3v) is 1.75. The summed E-state index contributed by atoms with van der Waals surface area (Å²) in [7, 11) is 1.79. The molecule has 0 radical (unpaired) electrons. The van der Waals surface area contributed by atoms with E-state index in [0.29, 0.717) is 12.5 Å². The van der Waals surface area contributed by atoms with Crippen LogP contribution < -0.4 is 0 Å². The van der Waals surface area contributed by atoms with Crippen LogP contribution in [-0.4, -0.2) is 30.2 Å². The zero-order valence-corrected chi connectivity index (χ0v) is 7.29. The molecule has 0 aromatic rings. The highest BCUT2D eigenvalue weighted by Gasteiger charge is 2.20. The van der Waals surface area contributed by atoms with Crippen molar-refractivity contribution in [1.29, 1.82) is 0 Å². The van der Waals surface area contributed by atoms with Crippen molar-refractivity contribution < 1.29 is 4.79 Å². The molecule has 3 heteroatoms. The number of amides is 1. The van der Waals surface area contributed by atoms with Crippen molar-refractivity contribution in [1.82, 2.24) is 4.90 Å². The van der Waals surface area contributed by atoms with Crippen LogP contribution in [-0.2, 0) is 4.79 Å². The van der Waals surface area contributed by atoms with Gasteiger partial charge in [0.25, 0.3) is 0 Å². The fourth-order valence-electron chi connectivity index (χ4n) is 1.08. The summed E-state index contributed by atoms with van der Waals surface area (Å²) < 4.78 is 0. The van der Waals surface area contributed by atoms with E-state index in [1.54, 1.807) is 11.9 Å². The molecule has 1 rings (SSSR count). The van der Waals surface area contributed by atoms with Crippen molar-refractivity contribution in [2.24, 2.45) is 10.9 Å². The molecule has 0 bridgehead atoms. The predicted octanol–water partition coefficient (Wildman–Crippen LogP) is 0.903. The summed E-state index contributed by atoms with van der Waals surface area (Å²) in [5.41, 5.74) is 0. The number of rotatable bonds is 2. The molecule has 1 aliphatic rings. The van der Waals surface area contributed by atoms with E-state index >= 15 is 0 Å². The molecular weight excluding hydrogens is 140 g/mol. The van der Waals surface area contributed by atoms with Crippen LogP contribution >= 0.6 is 0 Å². The van der Waals surface area contributed by atoms with E-state index in [1.807, 2.05) is 0 Å². The average Bonchev–Trinajstić information content (AvgIpc) is 2.18. The Hall–Kier alpha value is -0.860. The van der Waals surface area contributed by atoms with E-state index in [-0.39, 0.29) is 5.91 Å². The van der Waals surface area contributed by atoms with Gasteiger partial charge in [-0.15, -0.1) is 0 Å². The molecule has 0 saturated heterocycles. The van der Waals surface area contributed by atoms with Gasteiger partial charge in [-0.1, -0.05) is 13.8 Å². The van der Waals surface area contributed by atoms with Gasteiger partial charge in [-0.25, -0.2) is 0 Å². The molecule has 1 heterocycles. The van der Waals surface area contributed by atoms with Gasteiger partial charge >= 0.3 is 0 Å². The first-order chi connectivity index (χ1) is 5.11. The van der Waals surface area contributed by atoms with E-state index in [4.69, 9.17) is 0 Å². The quantitative estimate of drug-likeness (QED) is 0.581. The van der Waals surface area contributed by atoms with Gasteiger partial charge in [-0.2, -0.15) is 0 Å². The van der Waals surface area contributed by atoms with Crippen molar-refractivity contribution in [2.45, 2.75) is 20.3 Å². The second-order valence-electron chi connectivity index (χ2n) is 3.28. The summed E-state index contributed by atoms with van der Waals surface area (Å²) in [6.45, 7) is 4.59. The van der Waals surface area contributed by atoms with Gasteiger partial charge < -0.3 is 4.90 Å².